The van der Waals surface area contributed by atoms with Gasteiger partial charge in [-0.1, -0.05) is 30.9 Å². The number of phenolic OH excluding ortho intramolecular Hbond substituents is 1. The highest BCUT2D eigenvalue weighted by molar-refractivity contribution is 14.1. The summed E-state index contributed by atoms with van der Waals surface area (Å²) in [6.07, 6.45) is 8.00. The average Bonchev–Trinajstić information content (AvgIpc) is 2.45. The van der Waals surface area contributed by atoms with Crippen molar-refractivity contribution in [3.8, 4) is 5.75 Å². The molecule has 1 aliphatic rings. The van der Waals surface area contributed by atoms with Crippen LogP contribution in [0.5, 0.6) is 5.75 Å². The minimum Gasteiger partial charge on any atom is -0.506 e. The monoisotopic (exact) mass is 420 g/mol. The standard InChI is InChI=1S/C16H22ClIN2O/c1-20(2)16(6-4-3-5-7-16)11-19-10-12-8-13(17)9-14(18)15(12)21/h8-10,21H,3-7,11H2,1-2H3. The third kappa shape index (κ3) is 4.11. The number of hydrogen-bond acceptors (Lipinski definition) is 3. The molecule has 0 amide bonds. The van der Waals surface area contributed by atoms with Gasteiger partial charge in [0.1, 0.15) is 5.75 Å². The van der Waals surface area contributed by atoms with Crippen LogP contribution in [0, 0.1) is 3.57 Å². The van der Waals surface area contributed by atoms with Crippen LogP contribution in [0.3, 0.4) is 0 Å². The Morgan fingerprint density at radius 2 is 2.00 bits per heavy atom. The van der Waals surface area contributed by atoms with Gasteiger partial charge >= 0.3 is 0 Å². The second-order valence-corrected chi connectivity index (χ2v) is 7.57. The van der Waals surface area contributed by atoms with Crippen LogP contribution in [-0.2, 0) is 0 Å². The maximum atomic E-state index is 10.1. The molecule has 0 atom stereocenters. The first-order valence-corrected chi connectivity index (χ1v) is 8.75. The molecule has 0 unspecified atom stereocenters. The molecule has 5 heteroatoms. The number of benzene rings is 1. The van der Waals surface area contributed by atoms with E-state index in [0.29, 0.717) is 10.6 Å². The molecule has 21 heavy (non-hydrogen) atoms. The van der Waals surface area contributed by atoms with E-state index in [0.717, 1.165) is 10.1 Å². The minimum absolute atomic E-state index is 0.163. The second-order valence-electron chi connectivity index (χ2n) is 5.97. The van der Waals surface area contributed by atoms with Gasteiger partial charge in [0.25, 0.3) is 0 Å². The molecule has 3 nitrogen and oxygen atoms in total. The van der Waals surface area contributed by atoms with Gasteiger partial charge in [0.2, 0.25) is 0 Å². The van der Waals surface area contributed by atoms with Gasteiger partial charge < -0.3 is 10.0 Å². The Balaban J connectivity index is 2.14. The molecule has 1 aliphatic carbocycles. The fourth-order valence-corrected chi connectivity index (χ4v) is 4.01. The van der Waals surface area contributed by atoms with E-state index in [1.54, 1.807) is 18.3 Å². The van der Waals surface area contributed by atoms with Gasteiger partial charge in [-0.05, 0) is 61.7 Å². The van der Waals surface area contributed by atoms with Gasteiger partial charge in [0.05, 0.1) is 10.1 Å². The Hall–Kier alpha value is -0.330. The van der Waals surface area contributed by atoms with Crippen molar-refractivity contribution in [3.05, 3.63) is 26.3 Å². The summed E-state index contributed by atoms with van der Waals surface area (Å²) < 4.78 is 0.751. The van der Waals surface area contributed by atoms with E-state index < -0.39 is 0 Å². The highest BCUT2D eigenvalue weighted by Gasteiger charge is 2.33. The van der Waals surface area contributed by atoms with Gasteiger partial charge in [0.15, 0.2) is 0 Å². The molecule has 0 saturated heterocycles. The number of aromatic hydroxyl groups is 1. The summed E-state index contributed by atoms with van der Waals surface area (Å²) >= 11 is 8.12. The zero-order chi connectivity index (χ0) is 15.5. The van der Waals surface area contributed by atoms with Gasteiger partial charge in [0, 0.05) is 22.3 Å². The Kier molecular flexibility index (Phi) is 5.91. The normalized spacial score (nSPS) is 18.5. The lowest BCUT2D eigenvalue weighted by Crippen LogP contribution is -2.48. The molecule has 1 N–H and O–H groups in total. The van der Waals surface area contributed by atoms with Crippen molar-refractivity contribution in [2.45, 2.75) is 37.6 Å². The highest BCUT2D eigenvalue weighted by Crippen LogP contribution is 2.33. The molecule has 116 valence electrons. The van der Waals surface area contributed by atoms with Crippen LogP contribution in [-0.4, -0.2) is 42.4 Å². The van der Waals surface area contributed by atoms with E-state index >= 15 is 0 Å². The number of hydrogen-bond donors (Lipinski definition) is 1. The van der Waals surface area contributed by atoms with E-state index in [2.05, 4.69) is 46.6 Å². The van der Waals surface area contributed by atoms with Crippen molar-refractivity contribution in [3.63, 3.8) is 0 Å². The van der Waals surface area contributed by atoms with E-state index in [1.165, 1.54) is 32.1 Å². The van der Waals surface area contributed by atoms with Gasteiger partial charge in [-0.15, -0.1) is 0 Å². The Morgan fingerprint density at radius 1 is 1.33 bits per heavy atom. The van der Waals surface area contributed by atoms with Crippen molar-refractivity contribution in [2.24, 2.45) is 4.99 Å². The predicted molar refractivity (Wildman–Crippen MR) is 97.8 cm³/mol. The summed E-state index contributed by atoms with van der Waals surface area (Å²) in [5, 5.41) is 10.7. The molecule has 0 radical (unpaired) electrons. The largest absolute Gasteiger partial charge is 0.506 e. The van der Waals surface area contributed by atoms with Crippen LogP contribution in [0.25, 0.3) is 0 Å². The summed E-state index contributed by atoms with van der Waals surface area (Å²) in [4.78, 5) is 6.92. The predicted octanol–water partition coefficient (Wildman–Crippen LogP) is 4.33. The SMILES string of the molecule is CN(C)C1(CN=Cc2cc(Cl)cc(I)c2O)CCCCC1. The molecule has 1 saturated carbocycles. The molecule has 0 heterocycles. The molecule has 0 aromatic heterocycles. The third-order valence-electron chi connectivity index (χ3n) is 4.41. The van der Waals surface area contributed by atoms with Gasteiger partial charge in [-0.3, -0.25) is 4.99 Å². The quantitative estimate of drug-likeness (QED) is 0.581. The minimum atomic E-state index is 0.163. The van der Waals surface area contributed by atoms with Crippen LogP contribution >= 0.6 is 34.2 Å². The number of nitrogens with zero attached hydrogens (tertiary/aromatic N) is 2. The van der Waals surface area contributed by atoms with E-state index in [4.69, 9.17) is 11.6 Å². The van der Waals surface area contributed by atoms with Crippen molar-refractivity contribution < 1.29 is 5.11 Å². The molecule has 1 aromatic carbocycles. The number of aliphatic imine (C=N–C) groups is 1. The summed E-state index contributed by atoms with van der Waals surface area (Å²) in [5.74, 6) is 0.256. The lowest BCUT2D eigenvalue weighted by molar-refractivity contribution is 0.110. The molecule has 1 fully saturated rings. The van der Waals surface area contributed by atoms with Gasteiger partial charge in [-0.25, -0.2) is 0 Å². The van der Waals surface area contributed by atoms with Crippen molar-refractivity contribution >= 4 is 40.4 Å². The fraction of sp³-hybridized carbons (Fsp3) is 0.562. The van der Waals surface area contributed by atoms with Crippen LogP contribution in [0.2, 0.25) is 5.02 Å². The molecule has 1 aromatic rings. The van der Waals surface area contributed by atoms with Crippen molar-refractivity contribution in [2.75, 3.05) is 20.6 Å². The zero-order valence-electron chi connectivity index (χ0n) is 12.6. The maximum Gasteiger partial charge on any atom is 0.137 e. The van der Waals surface area contributed by atoms with Gasteiger partial charge in [-0.2, -0.15) is 0 Å². The fourth-order valence-electron chi connectivity index (χ4n) is 2.95. The smallest absolute Gasteiger partial charge is 0.137 e. The first-order chi connectivity index (χ1) is 9.94. The molecule has 2 rings (SSSR count). The van der Waals surface area contributed by atoms with E-state index in [-0.39, 0.29) is 11.3 Å². The van der Waals surface area contributed by atoms with E-state index in [1.807, 2.05) is 0 Å². The Bertz CT molecular complexity index is 525. The van der Waals surface area contributed by atoms with Crippen LogP contribution in [0.15, 0.2) is 17.1 Å². The summed E-state index contributed by atoms with van der Waals surface area (Å²) in [6, 6.07) is 3.50. The Morgan fingerprint density at radius 3 is 2.62 bits per heavy atom. The molecular weight excluding hydrogens is 399 g/mol. The second kappa shape index (κ2) is 7.29. The third-order valence-corrected chi connectivity index (χ3v) is 5.45. The average molecular weight is 421 g/mol. The molecule has 0 bridgehead atoms. The summed E-state index contributed by atoms with van der Waals surface area (Å²) in [7, 11) is 4.28. The number of likely N-dealkylation sites (N-methyl/N-ethyl adjacent to an activating group) is 1. The molecular formula is C16H22ClIN2O. The lowest BCUT2D eigenvalue weighted by atomic mass is 9.81. The summed E-state index contributed by atoms with van der Waals surface area (Å²) in [5.41, 5.74) is 0.854. The lowest BCUT2D eigenvalue weighted by Gasteiger charge is -2.41. The van der Waals surface area contributed by atoms with Crippen molar-refractivity contribution in [1.82, 2.24) is 4.90 Å². The highest BCUT2D eigenvalue weighted by atomic mass is 127. The maximum absolute atomic E-state index is 10.1. The Labute approximate surface area is 145 Å². The number of phenols is 1. The first-order valence-electron chi connectivity index (χ1n) is 7.30. The van der Waals surface area contributed by atoms with Crippen LogP contribution in [0.4, 0.5) is 0 Å². The van der Waals surface area contributed by atoms with Crippen LogP contribution in [0.1, 0.15) is 37.7 Å². The first kappa shape index (κ1) is 17.0. The number of halogens is 2. The zero-order valence-corrected chi connectivity index (χ0v) is 15.5. The molecule has 0 spiro atoms. The van der Waals surface area contributed by atoms with Crippen molar-refractivity contribution in [1.29, 1.82) is 0 Å². The van der Waals surface area contributed by atoms with E-state index in [9.17, 15) is 5.11 Å². The number of rotatable bonds is 4. The topological polar surface area (TPSA) is 35.8 Å². The van der Waals surface area contributed by atoms with Crippen LogP contribution < -0.4 is 0 Å². The molecule has 0 aliphatic heterocycles. The summed E-state index contributed by atoms with van der Waals surface area (Å²) in [6.45, 7) is 0.766.